The monoisotopic (exact) mass is 286 g/mol. The van der Waals surface area contributed by atoms with Crippen LogP contribution < -0.4 is 0 Å². The number of hydrogen-bond acceptors (Lipinski definition) is 0. The molecule has 0 amide bonds. The molecule has 0 nitrogen and oxygen atoms in total. The maximum absolute atomic E-state index is 13.7. The van der Waals surface area contributed by atoms with Gasteiger partial charge in [-0.2, -0.15) is 0 Å². The Kier molecular flexibility index (Phi) is 4.50. The van der Waals surface area contributed by atoms with Gasteiger partial charge >= 0.3 is 0 Å². The minimum Gasteiger partial charge on any atom is -0.204 e. The lowest BCUT2D eigenvalue weighted by Gasteiger charge is -2.41. The third-order valence-corrected chi connectivity index (χ3v) is 4.93. The van der Waals surface area contributed by atoms with E-state index in [2.05, 4.69) is 13.8 Å². The molecule has 19 heavy (non-hydrogen) atoms. The minimum absolute atomic E-state index is 0.133. The van der Waals surface area contributed by atoms with Crippen LogP contribution in [0.2, 0.25) is 0 Å². The molecule has 0 N–H and O–H groups in total. The van der Waals surface area contributed by atoms with Gasteiger partial charge in [0.25, 0.3) is 0 Å². The molecule has 0 saturated heterocycles. The molecule has 2 unspecified atom stereocenters. The van der Waals surface area contributed by atoms with Crippen molar-refractivity contribution < 1.29 is 8.78 Å². The molecule has 0 aliphatic heterocycles. The van der Waals surface area contributed by atoms with E-state index in [0.717, 1.165) is 18.9 Å². The first kappa shape index (κ1) is 14.8. The van der Waals surface area contributed by atoms with Gasteiger partial charge in [0.05, 0.1) is 0 Å². The smallest absolute Gasteiger partial charge is 0.162 e. The first-order valence-corrected chi connectivity index (χ1v) is 7.42. The molecule has 3 heteroatoms. The van der Waals surface area contributed by atoms with Crippen LogP contribution in [-0.2, 0) is 6.42 Å². The summed E-state index contributed by atoms with van der Waals surface area (Å²) < 4.78 is 26.9. The fourth-order valence-corrected chi connectivity index (χ4v) is 3.88. The summed E-state index contributed by atoms with van der Waals surface area (Å²) in [4.78, 5) is 0. The van der Waals surface area contributed by atoms with E-state index in [4.69, 9.17) is 11.6 Å². The molecule has 1 saturated carbocycles. The van der Waals surface area contributed by atoms with E-state index in [-0.39, 0.29) is 10.8 Å². The Labute approximate surface area is 119 Å². The van der Waals surface area contributed by atoms with Gasteiger partial charge in [-0.3, -0.25) is 0 Å². The van der Waals surface area contributed by atoms with E-state index in [0.29, 0.717) is 17.9 Å². The van der Waals surface area contributed by atoms with Crippen LogP contribution in [0.3, 0.4) is 0 Å². The summed E-state index contributed by atoms with van der Waals surface area (Å²) in [6.07, 6.45) is 5.06. The van der Waals surface area contributed by atoms with Crippen molar-refractivity contribution >= 4 is 11.6 Å². The molecule has 2 atom stereocenters. The van der Waals surface area contributed by atoms with Gasteiger partial charge in [-0.1, -0.05) is 38.8 Å². The van der Waals surface area contributed by atoms with Crippen molar-refractivity contribution in [2.45, 2.75) is 51.3 Å². The molecule has 0 heterocycles. The molecule has 0 radical (unpaired) electrons. The summed E-state index contributed by atoms with van der Waals surface area (Å²) in [5, 5.41) is -0.133. The highest BCUT2D eigenvalue weighted by Gasteiger charge is 2.36. The Bertz CT molecular complexity index is 442. The molecule has 0 aromatic heterocycles. The topological polar surface area (TPSA) is 0 Å². The molecule has 106 valence electrons. The first-order valence-electron chi connectivity index (χ1n) is 6.99. The quantitative estimate of drug-likeness (QED) is 0.659. The maximum atomic E-state index is 13.7. The van der Waals surface area contributed by atoms with Crippen LogP contribution in [-0.4, -0.2) is 5.38 Å². The summed E-state index contributed by atoms with van der Waals surface area (Å²) in [5.74, 6) is -1.17. The van der Waals surface area contributed by atoms with Gasteiger partial charge in [-0.25, -0.2) is 8.78 Å². The molecule has 1 fully saturated rings. The van der Waals surface area contributed by atoms with Gasteiger partial charge in [0.2, 0.25) is 0 Å². The van der Waals surface area contributed by atoms with Crippen molar-refractivity contribution in [2.24, 2.45) is 11.3 Å². The van der Waals surface area contributed by atoms with Crippen molar-refractivity contribution in [3.05, 3.63) is 35.4 Å². The third kappa shape index (κ3) is 3.28. The lowest BCUT2D eigenvalue weighted by molar-refractivity contribution is 0.132. The zero-order chi connectivity index (χ0) is 14.0. The fourth-order valence-electron chi connectivity index (χ4n) is 3.25. The zero-order valence-corrected chi connectivity index (χ0v) is 12.3. The second kappa shape index (κ2) is 5.78. The van der Waals surface area contributed by atoms with Gasteiger partial charge in [-0.05, 0) is 42.2 Å². The Morgan fingerprint density at radius 1 is 1.32 bits per heavy atom. The highest BCUT2D eigenvalue weighted by atomic mass is 35.5. The van der Waals surface area contributed by atoms with E-state index in [1.54, 1.807) is 12.1 Å². The van der Waals surface area contributed by atoms with Crippen LogP contribution in [0.25, 0.3) is 0 Å². The first-order chi connectivity index (χ1) is 8.92. The van der Waals surface area contributed by atoms with Crippen molar-refractivity contribution in [3.63, 3.8) is 0 Å². The van der Waals surface area contributed by atoms with Gasteiger partial charge in [-0.15, -0.1) is 11.6 Å². The summed E-state index contributed by atoms with van der Waals surface area (Å²) >= 11 is 6.51. The number of rotatable bonds is 3. The van der Waals surface area contributed by atoms with Gasteiger partial charge in [0.15, 0.2) is 11.6 Å². The molecule has 2 rings (SSSR count). The van der Waals surface area contributed by atoms with Crippen molar-refractivity contribution in [1.82, 2.24) is 0 Å². The SMILES string of the molecule is CC1(C)CCCCC1C(Cl)Cc1cccc(F)c1F. The highest BCUT2D eigenvalue weighted by Crippen LogP contribution is 2.44. The molecule has 1 aromatic carbocycles. The Balaban J connectivity index is 2.12. The van der Waals surface area contributed by atoms with Crippen LogP contribution in [0.5, 0.6) is 0 Å². The van der Waals surface area contributed by atoms with Crippen LogP contribution in [0.4, 0.5) is 8.78 Å². The summed E-state index contributed by atoms with van der Waals surface area (Å²) in [7, 11) is 0. The largest absolute Gasteiger partial charge is 0.204 e. The number of halogens is 3. The van der Waals surface area contributed by atoms with E-state index < -0.39 is 11.6 Å². The third-order valence-electron chi connectivity index (χ3n) is 4.47. The summed E-state index contributed by atoms with van der Waals surface area (Å²) in [5.41, 5.74) is 0.579. The standard InChI is InChI=1S/C16H21ClF2/c1-16(2)9-4-3-7-12(16)13(17)10-11-6-5-8-14(18)15(11)19/h5-6,8,12-13H,3-4,7,9-10H2,1-2H3. The molecule has 0 spiro atoms. The van der Waals surface area contributed by atoms with Crippen LogP contribution in [0.15, 0.2) is 18.2 Å². The number of alkyl halides is 1. The minimum atomic E-state index is -0.788. The average molecular weight is 287 g/mol. The van der Waals surface area contributed by atoms with Crippen LogP contribution in [0, 0.1) is 23.0 Å². The Hall–Kier alpha value is -0.630. The second-order valence-corrected chi connectivity index (χ2v) is 6.83. The molecule has 1 aliphatic carbocycles. The molecule has 1 aromatic rings. The van der Waals surface area contributed by atoms with Crippen molar-refractivity contribution in [1.29, 1.82) is 0 Å². The van der Waals surface area contributed by atoms with E-state index in [1.807, 2.05) is 0 Å². The van der Waals surface area contributed by atoms with Gasteiger partial charge in [0, 0.05) is 5.38 Å². The number of hydrogen-bond donors (Lipinski definition) is 0. The molecular formula is C16H21ClF2. The number of benzene rings is 1. The normalized spacial score (nSPS) is 24.2. The van der Waals surface area contributed by atoms with Crippen LogP contribution in [0.1, 0.15) is 45.1 Å². The lowest BCUT2D eigenvalue weighted by atomic mass is 9.67. The Morgan fingerprint density at radius 3 is 2.74 bits per heavy atom. The highest BCUT2D eigenvalue weighted by molar-refractivity contribution is 6.21. The van der Waals surface area contributed by atoms with Gasteiger partial charge in [0.1, 0.15) is 0 Å². The fraction of sp³-hybridized carbons (Fsp3) is 0.625. The summed E-state index contributed by atoms with van der Waals surface area (Å²) in [6, 6.07) is 4.32. The summed E-state index contributed by atoms with van der Waals surface area (Å²) in [6.45, 7) is 4.46. The van der Waals surface area contributed by atoms with Crippen molar-refractivity contribution in [3.8, 4) is 0 Å². The molecular weight excluding hydrogens is 266 g/mol. The lowest BCUT2D eigenvalue weighted by Crippen LogP contribution is -2.35. The van der Waals surface area contributed by atoms with E-state index in [9.17, 15) is 8.78 Å². The molecule has 0 bridgehead atoms. The van der Waals surface area contributed by atoms with Crippen LogP contribution >= 0.6 is 11.6 Å². The Morgan fingerprint density at radius 2 is 2.05 bits per heavy atom. The van der Waals surface area contributed by atoms with Crippen molar-refractivity contribution in [2.75, 3.05) is 0 Å². The predicted molar refractivity (Wildman–Crippen MR) is 75.4 cm³/mol. The zero-order valence-electron chi connectivity index (χ0n) is 11.6. The van der Waals surface area contributed by atoms with Gasteiger partial charge < -0.3 is 0 Å². The maximum Gasteiger partial charge on any atom is 0.162 e. The average Bonchev–Trinajstić information content (AvgIpc) is 2.34. The van der Waals surface area contributed by atoms with E-state index >= 15 is 0 Å². The second-order valence-electron chi connectivity index (χ2n) is 6.27. The van der Waals surface area contributed by atoms with E-state index in [1.165, 1.54) is 12.8 Å². The molecule has 1 aliphatic rings. The predicted octanol–water partition coefficient (Wildman–Crippen LogP) is 5.33.